The highest BCUT2D eigenvalue weighted by Crippen LogP contribution is 2.24. The van der Waals surface area contributed by atoms with Crippen molar-refractivity contribution in [2.24, 2.45) is 0 Å². The zero-order valence-electron chi connectivity index (χ0n) is 6.40. The van der Waals surface area contributed by atoms with E-state index in [0.29, 0.717) is 0 Å². The molecular formula is C7H2ClF3INO. The fraction of sp³-hybridized carbons (Fsp3) is 0.143. The molecule has 0 saturated heterocycles. The molecule has 0 bridgehead atoms. The Morgan fingerprint density at radius 1 is 1.57 bits per heavy atom. The van der Waals surface area contributed by atoms with Crippen LogP contribution in [0.25, 0.3) is 0 Å². The largest absolute Gasteiger partial charge is 0.281 e. The molecule has 0 fully saturated rings. The second-order valence-electron chi connectivity index (χ2n) is 2.26. The van der Waals surface area contributed by atoms with Crippen LogP contribution in [-0.2, 0) is 0 Å². The van der Waals surface area contributed by atoms with E-state index in [1.54, 1.807) is 0 Å². The molecule has 0 aliphatic heterocycles. The highest BCUT2D eigenvalue weighted by atomic mass is 127. The van der Waals surface area contributed by atoms with E-state index in [-0.39, 0.29) is 3.57 Å². The van der Waals surface area contributed by atoms with Crippen molar-refractivity contribution in [3.05, 3.63) is 26.8 Å². The van der Waals surface area contributed by atoms with Gasteiger partial charge in [-0.05, 0) is 40.3 Å². The summed E-state index contributed by atoms with van der Waals surface area (Å²) in [7, 11) is 0. The Labute approximate surface area is 95.6 Å². The van der Waals surface area contributed by atoms with E-state index >= 15 is 0 Å². The third-order valence-electron chi connectivity index (χ3n) is 1.35. The maximum absolute atomic E-state index is 12.9. The zero-order valence-corrected chi connectivity index (χ0v) is 9.31. The Morgan fingerprint density at radius 3 is 2.57 bits per heavy atom. The molecule has 0 saturated carbocycles. The molecule has 14 heavy (non-hydrogen) atoms. The third-order valence-corrected chi connectivity index (χ3v) is 2.39. The normalized spacial score (nSPS) is 10.7. The van der Waals surface area contributed by atoms with Crippen molar-refractivity contribution in [1.29, 1.82) is 0 Å². The van der Waals surface area contributed by atoms with E-state index in [2.05, 4.69) is 4.98 Å². The standard InChI is InChI=1S/C7H2ClF3INO/c8-6(14)4-2(9)1-3(12)5(13-4)7(10)11/h1,7H. The molecule has 2 nitrogen and oxygen atoms in total. The Kier molecular flexibility index (Phi) is 3.71. The van der Waals surface area contributed by atoms with Crippen LogP contribution in [0.3, 0.4) is 0 Å². The average Bonchev–Trinajstić information content (AvgIpc) is 2.02. The van der Waals surface area contributed by atoms with Crippen LogP contribution in [0, 0.1) is 9.39 Å². The van der Waals surface area contributed by atoms with Gasteiger partial charge >= 0.3 is 0 Å². The molecule has 0 unspecified atom stereocenters. The molecule has 0 aromatic carbocycles. The molecule has 7 heteroatoms. The van der Waals surface area contributed by atoms with Gasteiger partial charge in [-0.15, -0.1) is 0 Å². The van der Waals surface area contributed by atoms with E-state index in [0.717, 1.165) is 6.07 Å². The summed E-state index contributed by atoms with van der Waals surface area (Å²) in [6.45, 7) is 0. The van der Waals surface area contributed by atoms with Crippen molar-refractivity contribution < 1.29 is 18.0 Å². The van der Waals surface area contributed by atoms with Crippen LogP contribution in [0.1, 0.15) is 22.6 Å². The van der Waals surface area contributed by atoms with Gasteiger partial charge in [-0.25, -0.2) is 18.2 Å². The minimum atomic E-state index is -2.86. The van der Waals surface area contributed by atoms with Gasteiger partial charge in [-0.1, -0.05) is 0 Å². The highest BCUT2D eigenvalue weighted by Gasteiger charge is 2.20. The number of carbonyl (C=O) groups is 1. The van der Waals surface area contributed by atoms with E-state index in [4.69, 9.17) is 11.6 Å². The first-order valence-electron chi connectivity index (χ1n) is 3.27. The Morgan fingerprint density at radius 2 is 2.14 bits per heavy atom. The van der Waals surface area contributed by atoms with Crippen LogP contribution in [0.15, 0.2) is 6.07 Å². The first kappa shape index (κ1) is 11.7. The summed E-state index contributed by atoms with van der Waals surface area (Å²) >= 11 is 6.45. The zero-order chi connectivity index (χ0) is 10.9. The van der Waals surface area contributed by atoms with Crippen LogP contribution in [0.5, 0.6) is 0 Å². The summed E-state index contributed by atoms with van der Waals surface area (Å²) in [5.41, 5.74) is -1.42. The fourth-order valence-corrected chi connectivity index (χ4v) is 1.53. The van der Waals surface area contributed by atoms with E-state index < -0.39 is 28.9 Å². The van der Waals surface area contributed by atoms with E-state index in [1.165, 1.54) is 22.6 Å². The van der Waals surface area contributed by atoms with Crippen LogP contribution >= 0.6 is 34.2 Å². The van der Waals surface area contributed by atoms with Gasteiger partial charge in [0.1, 0.15) is 5.69 Å². The molecule has 1 aromatic rings. The summed E-state index contributed by atoms with van der Waals surface area (Å²) in [5, 5.41) is -1.19. The number of hydrogen-bond acceptors (Lipinski definition) is 2. The lowest BCUT2D eigenvalue weighted by Gasteiger charge is -2.04. The predicted molar refractivity (Wildman–Crippen MR) is 52.1 cm³/mol. The summed E-state index contributed by atoms with van der Waals surface area (Å²) in [6.07, 6.45) is -2.86. The maximum atomic E-state index is 12.9. The molecule has 1 rings (SSSR count). The Hall–Kier alpha value is -0.370. The van der Waals surface area contributed by atoms with Gasteiger partial charge < -0.3 is 0 Å². The number of alkyl halides is 2. The molecule has 1 aromatic heterocycles. The first-order valence-corrected chi connectivity index (χ1v) is 4.73. The summed E-state index contributed by atoms with van der Waals surface area (Å²) in [5.74, 6) is -1.00. The van der Waals surface area contributed by atoms with Crippen LogP contribution in [0.4, 0.5) is 13.2 Å². The molecule has 0 spiro atoms. The van der Waals surface area contributed by atoms with Crippen molar-refractivity contribution in [1.82, 2.24) is 4.98 Å². The van der Waals surface area contributed by atoms with Crippen molar-refractivity contribution in [3.8, 4) is 0 Å². The molecule has 0 atom stereocenters. The maximum Gasteiger partial charge on any atom is 0.281 e. The Bertz CT molecular complexity index is 385. The first-order chi connectivity index (χ1) is 6.43. The van der Waals surface area contributed by atoms with Crippen LogP contribution in [0.2, 0.25) is 0 Å². The van der Waals surface area contributed by atoms with Crippen molar-refractivity contribution in [2.75, 3.05) is 0 Å². The number of aromatic nitrogens is 1. The number of rotatable bonds is 2. The minimum Gasteiger partial charge on any atom is -0.274 e. The average molecular weight is 335 g/mol. The Balaban J connectivity index is 3.34. The SMILES string of the molecule is O=C(Cl)c1nc(C(F)F)c(I)cc1F. The molecule has 0 aliphatic carbocycles. The number of nitrogens with zero attached hydrogens (tertiary/aromatic N) is 1. The molecule has 0 radical (unpaired) electrons. The van der Waals surface area contributed by atoms with Gasteiger partial charge in [0.15, 0.2) is 11.5 Å². The van der Waals surface area contributed by atoms with Gasteiger partial charge in [-0.3, -0.25) is 4.79 Å². The van der Waals surface area contributed by atoms with Crippen LogP contribution in [-0.4, -0.2) is 10.2 Å². The molecule has 76 valence electrons. The second kappa shape index (κ2) is 4.43. The van der Waals surface area contributed by atoms with Crippen molar-refractivity contribution >= 4 is 39.4 Å². The quantitative estimate of drug-likeness (QED) is 0.614. The monoisotopic (exact) mass is 335 g/mol. The summed E-state index contributed by atoms with van der Waals surface area (Å²) in [6, 6.07) is 0.796. The van der Waals surface area contributed by atoms with Gasteiger partial charge in [0.25, 0.3) is 11.7 Å². The molecule has 0 aliphatic rings. The smallest absolute Gasteiger partial charge is 0.274 e. The molecular weight excluding hydrogens is 333 g/mol. The van der Waals surface area contributed by atoms with Gasteiger partial charge in [-0.2, -0.15) is 0 Å². The van der Waals surface area contributed by atoms with Crippen molar-refractivity contribution in [2.45, 2.75) is 6.43 Å². The number of halogens is 5. The van der Waals surface area contributed by atoms with Gasteiger partial charge in [0, 0.05) is 3.57 Å². The van der Waals surface area contributed by atoms with Crippen molar-refractivity contribution in [3.63, 3.8) is 0 Å². The van der Waals surface area contributed by atoms with E-state index in [9.17, 15) is 18.0 Å². The lowest BCUT2D eigenvalue weighted by Crippen LogP contribution is -2.05. The summed E-state index contributed by atoms with van der Waals surface area (Å²) < 4.78 is 37.4. The van der Waals surface area contributed by atoms with Crippen LogP contribution < -0.4 is 0 Å². The number of carbonyl (C=O) groups excluding carboxylic acids is 1. The lowest BCUT2D eigenvalue weighted by molar-refractivity contribution is 0.107. The predicted octanol–water partition coefficient (Wildman–Crippen LogP) is 3.14. The molecule has 0 N–H and O–H groups in total. The second-order valence-corrected chi connectivity index (χ2v) is 3.77. The number of pyridine rings is 1. The molecule has 1 heterocycles. The topological polar surface area (TPSA) is 30.0 Å². The fourth-order valence-electron chi connectivity index (χ4n) is 0.772. The minimum absolute atomic E-state index is 0.0447. The van der Waals surface area contributed by atoms with Gasteiger partial charge in [0.2, 0.25) is 0 Å². The number of hydrogen-bond donors (Lipinski definition) is 0. The van der Waals surface area contributed by atoms with E-state index in [1.807, 2.05) is 0 Å². The molecule has 0 amide bonds. The summed E-state index contributed by atoms with van der Waals surface area (Å²) in [4.78, 5) is 13.7. The third kappa shape index (κ3) is 2.35. The highest BCUT2D eigenvalue weighted by molar-refractivity contribution is 14.1. The van der Waals surface area contributed by atoms with Gasteiger partial charge in [0.05, 0.1) is 0 Å². The lowest BCUT2D eigenvalue weighted by atomic mass is 10.3.